The van der Waals surface area contributed by atoms with E-state index in [1.54, 1.807) is 7.11 Å². The fraction of sp³-hybridized carbons (Fsp3) is 0.400. The van der Waals surface area contributed by atoms with E-state index >= 15 is 0 Å². The standard InChI is InChI=1S/C10H13ClN2O/c1-12-9-5-13-8-4-7(11)10(14-2)3-6(8)9/h3-4,9,12-13H,5H2,1-2H3. The van der Waals surface area contributed by atoms with Crippen molar-refractivity contribution in [3.05, 3.63) is 22.7 Å². The molecular formula is C10H13ClN2O. The summed E-state index contributed by atoms with van der Waals surface area (Å²) in [4.78, 5) is 0. The van der Waals surface area contributed by atoms with Gasteiger partial charge in [-0.15, -0.1) is 0 Å². The van der Waals surface area contributed by atoms with Gasteiger partial charge in [0.15, 0.2) is 0 Å². The molecule has 1 atom stereocenters. The predicted octanol–water partition coefficient (Wildman–Crippen LogP) is 2.03. The molecule has 1 aromatic carbocycles. The molecule has 0 bridgehead atoms. The Bertz CT molecular complexity index is 354. The molecule has 2 rings (SSSR count). The number of hydrogen-bond donors (Lipinski definition) is 2. The Morgan fingerprint density at radius 2 is 2.36 bits per heavy atom. The normalized spacial score (nSPS) is 18.9. The summed E-state index contributed by atoms with van der Waals surface area (Å²) in [6.45, 7) is 0.898. The summed E-state index contributed by atoms with van der Waals surface area (Å²) in [6.07, 6.45) is 0. The van der Waals surface area contributed by atoms with Crippen molar-refractivity contribution in [1.82, 2.24) is 5.32 Å². The molecule has 0 aliphatic carbocycles. The third-order valence-corrected chi connectivity index (χ3v) is 2.84. The largest absolute Gasteiger partial charge is 0.495 e. The van der Waals surface area contributed by atoms with Crippen LogP contribution in [0, 0.1) is 0 Å². The van der Waals surface area contributed by atoms with Crippen LogP contribution >= 0.6 is 11.6 Å². The van der Waals surface area contributed by atoms with Gasteiger partial charge in [-0.3, -0.25) is 0 Å². The molecule has 0 fully saturated rings. The minimum Gasteiger partial charge on any atom is -0.495 e. The maximum Gasteiger partial charge on any atom is 0.137 e. The zero-order chi connectivity index (χ0) is 10.1. The Labute approximate surface area is 88.4 Å². The lowest BCUT2D eigenvalue weighted by molar-refractivity contribution is 0.414. The van der Waals surface area contributed by atoms with E-state index in [0.717, 1.165) is 18.0 Å². The first-order valence-electron chi connectivity index (χ1n) is 4.55. The Kier molecular flexibility index (Phi) is 2.52. The molecule has 4 heteroatoms. The number of halogens is 1. The summed E-state index contributed by atoms with van der Waals surface area (Å²) in [7, 11) is 3.58. The monoisotopic (exact) mass is 212 g/mol. The molecule has 0 aromatic heterocycles. The van der Waals surface area contributed by atoms with Crippen molar-refractivity contribution in [3.63, 3.8) is 0 Å². The first kappa shape index (κ1) is 9.62. The molecule has 2 N–H and O–H groups in total. The highest BCUT2D eigenvalue weighted by Crippen LogP contribution is 2.37. The summed E-state index contributed by atoms with van der Waals surface area (Å²) < 4.78 is 5.18. The van der Waals surface area contributed by atoms with E-state index in [1.165, 1.54) is 5.56 Å². The second kappa shape index (κ2) is 3.67. The van der Waals surface area contributed by atoms with Crippen LogP contribution in [0.4, 0.5) is 5.69 Å². The lowest BCUT2D eigenvalue weighted by atomic mass is 10.1. The zero-order valence-corrected chi connectivity index (χ0v) is 8.98. The van der Waals surface area contributed by atoms with Gasteiger partial charge in [0, 0.05) is 12.2 Å². The average molecular weight is 213 g/mol. The quantitative estimate of drug-likeness (QED) is 0.787. The van der Waals surface area contributed by atoms with Crippen LogP contribution in [0.25, 0.3) is 0 Å². The highest BCUT2D eigenvalue weighted by atomic mass is 35.5. The molecule has 1 aliphatic rings. The average Bonchev–Trinajstić information content (AvgIpc) is 2.58. The van der Waals surface area contributed by atoms with Gasteiger partial charge in [0.2, 0.25) is 0 Å². The van der Waals surface area contributed by atoms with Crippen molar-refractivity contribution >= 4 is 17.3 Å². The molecule has 1 heterocycles. The van der Waals surface area contributed by atoms with E-state index in [-0.39, 0.29) is 0 Å². The molecule has 0 saturated heterocycles. The Morgan fingerprint density at radius 3 is 3.00 bits per heavy atom. The van der Waals surface area contributed by atoms with E-state index in [1.807, 2.05) is 19.2 Å². The summed E-state index contributed by atoms with van der Waals surface area (Å²) in [6, 6.07) is 4.24. The van der Waals surface area contributed by atoms with E-state index in [0.29, 0.717) is 11.1 Å². The topological polar surface area (TPSA) is 33.3 Å². The molecule has 1 unspecified atom stereocenters. The highest BCUT2D eigenvalue weighted by molar-refractivity contribution is 6.32. The minimum atomic E-state index is 0.344. The van der Waals surface area contributed by atoms with Crippen LogP contribution in [0.5, 0.6) is 5.75 Å². The van der Waals surface area contributed by atoms with Gasteiger partial charge in [0.05, 0.1) is 18.2 Å². The SMILES string of the molecule is CNC1CNc2cc(Cl)c(OC)cc21. The molecule has 1 aliphatic heterocycles. The van der Waals surface area contributed by atoms with Gasteiger partial charge < -0.3 is 15.4 Å². The first-order valence-corrected chi connectivity index (χ1v) is 4.92. The van der Waals surface area contributed by atoms with Crippen molar-refractivity contribution < 1.29 is 4.74 Å². The molecule has 1 aromatic rings. The molecule has 0 spiro atoms. The second-order valence-corrected chi connectivity index (χ2v) is 3.70. The van der Waals surface area contributed by atoms with Crippen LogP contribution in [0.3, 0.4) is 0 Å². The number of benzene rings is 1. The molecule has 0 saturated carbocycles. The van der Waals surface area contributed by atoms with Crippen molar-refractivity contribution in [2.24, 2.45) is 0 Å². The third kappa shape index (κ3) is 1.42. The number of rotatable bonds is 2. The van der Waals surface area contributed by atoms with E-state index in [9.17, 15) is 0 Å². The van der Waals surface area contributed by atoms with Gasteiger partial charge in [-0.1, -0.05) is 11.6 Å². The number of methoxy groups -OCH3 is 1. The third-order valence-electron chi connectivity index (χ3n) is 2.54. The number of likely N-dealkylation sites (N-methyl/N-ethyl adjacent to an activating group) is 1. The van der Waals surface area contributed by atoms with Crippen LogP contribution in [0.2, 0.25) is 5.02 Å². The Balaban J connectivity index is 2.45. The van der Waals surface area contributed by atoms with E-state index in [4.69, 9.17) is 16.3 Å². The van der Waals surface area contributed by atoms with Crippen LogP contribution in [-0.2, 0) is 0 Å². The summed E-state index contributed by atoms with van der Waals surface area (Å²) in [5, 5.41) is 7.17. The van der Waals surface area contributed by atoms with Crippen LogP contribution in [0.1, 0.15) is 11.6 Å². The van der Waals surface area contributed by atoms with E-state index < -0.39 is 0 Å². The first-order chi connectivity index (χ1) is 6.76. The molecule has 14 heavy (non-hydrogen) atoms. The maximum absolute atomic E-state index is 6.01. The van der Waals surface area contributed by atoms with Gasteiger partial charge in [-0.2, -0.15) is 0 Å². The van der Waals surface area contributed by atoms with Gasteiger partial charge in [-0.25, -0.2) is 0 Å². The van der Waals surface area contributed by atoms with Crippen molar-refractivity contribution in [2.75, 3.05) is 26.0 Å². The Hall–Kier alpha value is -0.930. The number of nitrogens with one attached hydrogen (secondary N) is 2. The molecular weight excluding hydrogens is 200 g/mol. The smallest absolute Gasteiger partial charge is 0.137 e. The molecule has 0 radical (unpaired) electrons. The van der Waals surface area contributed by atoms with Crippen molar-refractivity contribution in [2.45, 2.75) is 6.04 Å². The Morgan fingerprint density at radius 1 is 1.57 bits per heavy atom. The van der Waals surface area contributed by atoms with Crippen molar-refractivity contribution in [3.8, 4) is 5.75 Å². The zero-order valence-electron chi connectivity index (χ0n) is 8.23. The van der Waals surface area contributed by atoms with Gasteiger partial charge in [-0.05, 0) is 24.7 Å². The van der Waals surface area contributed by atoms with Crippen LogP contribution in [-0.4, -0.2) is 20.7 Å². The molecule has 76 valence electrons. The lowest BCUT2D eigenvalue weighted by Crippen LogP contribution is -2.17. The lowest BCUT2D eigenvalue weighted by Gasteiger charge is -2.10. The van der Waals surface area contributed by atoms with Gasteiger partial charge in [0.25, 0.3) is 0 Å². The minimum absolute atomic E-state index is 0.344. The summed E-state index contributed by atoms with van der Waals surface area (Å²) >= 11 is 6.01. The van der Waals surface area contributed by atoms with E-state index in [2.05, 4.69) is 10.6 Å². The number of fused-ring (bicyclic) bond motifs is 1. The summed E-state index contributed by atoms with van der Waals surface area (Å²) in [5.41, 5.74) is 2.31. The van der Waals surface area contributed by atoms with Crippen LogP contribution in [0.15, 0.2) is 12.1 Å². The second-order valence-electron chi connectivity index (χ2n) is 3.30. The maximum atomic E-state index is 6.01. The van der Waals surface area contributed by atoms with Crippen LogP contribution < -0.4 is 15.4 Å². The fourth-order valence-corrected chi connectivity index (χ4v) is 1.99. The molecule has 3 nitrogen and oxygen atoms in total. The molecule has 0 amide bonds. The number of hydrogen-bond acceptors (Lipinski definition) is 3. The van der Waals surface area contributed by atoms with Gasteiger partial charge in [0.1, 0.15) is 5.75 Å². The predicted molar refractivity (Wildman–Crippen MR) is 58.3 cm³/mol. The fourth-order valence-electron chi connectivity index (χ4n) is 1.75. The highest BCUT2D eigenvalue weighted by Gasteiger charge is 2.22. The van der Waals surface area contributed by atoms with Crippen molar-refractivity contribution in [1.29, 1.82) is 0 Å². The summed E-state index contributed by atoms with van der Waals surface area (Å²) in [5.74, 6) is 0.731. The number of anilines is 1. The van der Waals surface area contributed by atoms with Gasteiger partial charge >= 0.3 is 0 Å². The number of ether oxygens (including phenoxy) is 1.